The standard InChI is InChI=1S/C23H23N5O3/c1-13-7-20(30-3)21(31-4)10-19(13)27-23-26-12-17(22(24)28-23)15-8-14-9-16(29-2)5-6-18(14)25-11-15/h5-12H,1-4H3,(H3,24,26,27,28). The van der Waals surface area contributed by atoms with E-state index in [1.165, 1.54) is 0 Å². The fourth-order valence-corrected chi connectivity index (χ4v) is 3.30. The number of pyridine rings is 1. The molecule has 3 N–H and O–H groups in total. The van der Waals surface area contributed by atoms with Crippen molar-refractivity contribution >= 4 is 28.4 Å². The van der Waals surface area contributed by atoms with E-state index in [0.717, 1.165) is 33.5 Å². The molecule has 2 heterocycles. The smallest absolute Gasteiger partial charge is 0.229 e. The quantitative estimate of drug-likeness (QED) is 0.477. The minimum absolute atomic E-state index is 0.347. The molecule has 0 aliphatic rings. The van der Waals surface area contributed by atoms with Crippen LogP contribution in [-0.4, -0.2) is 36.3 Å². The van der Waals surface area contributed by atoms with Crippen LogP contribution in [0.4, 0.5) is 17.5 Å². The molecule has 0 aliphatic carbocycles. The van der Waals surface area contributed by atoms with Crippen molar-refractivity contribution in [2.24, 2.45) is 0 Å². The summed E-state index contributed by atoms with van der Waals surface area (Å²) in [5, 5.41) is 4.14. The third kappa shape index (κ3) is 4.00. The largest absolute Gasteiger partial charge is 0.497 e. The summed E-state index contributed by atoms with van der Waals surface area (Å²) in [6, 6.07) is 11.4. The number of nitrogens with two attached hydrogens (primary N) is 1. The molecule has 8 heteroatoms. The van der Waals surface area contributed by atoms with E-state index in [4.69, 9.17) is 19.9 Å². The molecule has 158 valence electrons. The van der Waals surface area contributed by atoms with Crippen molar-refractivity contribution in [1.82, 2.24) is 15.0 Å². The number of anilines is 3. The fraction of sp³-hybridized carbons (Fsp3) is 0.174. The Labute approximate surface area is 180 Å². The Morgan fingerprint density at radius 2 is 1.65 bits per heavy atom. The van der Waals surface area contributed by atoms with Crippen LogP contribution in [0.1, 0.15) is 5.56 Å². The van der Waals surface area contributed by atoms with Crippen molar-refractivity contribution in [3.8, 4) is 28.4 Å². The highest BCUT2D eigenvalue weighted by Crippen LogP contribution is 2.34. The Bertz CT molecular complexity index is 1260. The third-order valence-electron chi connectivity index (χ3n) is 4.99. The van der Waals surface area contributed by atoms with E-state index in [-0.39, 0.29) is 0 Å². The van der Waals surface area contributed by atoms with Gasteiger partial charge < -0.3 is 25.3 Å². The van der Waals surface area contributed by atoms with Gasteiger partial charge in [-0.2, -0.15) is 4.98 Å². The molecule has 2 aromatic carbocycles. The predicted octanol–water partition coefficient (Wildman–Crippen LogP) is 4.35. The molecule has 4 rings (SSSR count). The second kappa shape index (κ2) is 8.35. The lowest BCUT2D eigenvalue weighted by molar-refractivity contribution is 0.355. The number of nitrogens with one attached hydrogen (secondary N) is 1. The monoisotopic (exact) mass is 417 g/mol. The van der Waals surface area contributed by atoms with Crippen molar-refractivity contribution in [2.75, 3.05) is 32.4 Å². The van der Waals surface area contributed by atoms with Crippen molar-refractivity contribution in [2.45, 2.75) is 6.92 Å². The van der Waals surface area contributed by atoms with Crippen molar-refractivity contribution in [3.05, 3.63) is 54.4 Å². The Hall–Kier alpha value is -4.07. The summed E-state index contributed by atoms with van der Waals surface area (Å²) >= 11 is 0. The highest BCUT2D eigenvalue weighted by Gasteiger charge is 2.12. The summed E-state index contributed by atoms with van der Waals surface area (Å²) < 4.78 is 16.0. The SMILES string of the molecule is COc1ccc2ncc(-c3cnc(Nc4cc(OC)c(OC)cc4C)nc3N)cc2c1. The van der Waals surface area contributed by atoms with E-state index in [0.29, 0.717) is 28.8 Å². The molecule has 4 aromatic rings. The zero-order valence-corrected chi connectivity index (χ0v) is 17.8. The number of ether oxygens (including phenoxy) is 3. The van der Waals surface area contributed by atoms with E-state index in [2.05, 4.69) is 20.3 Å². The lowest BCUT2D eigenvalue weighted by Gasteiger charge is -2.14. The maximum absolute atomic E-state index is 6.26. The number of nitrogen functional groups attached to an aromatic ring is 1. The van der Waals surface area contributed by atoms with E-state index < -0.39 is 0 Å². The Kier molecular flexibility index (Phi) is 5.44. The van der Waals surface area contributed by atoms with Crippen LogP contribution < -0.4 is 25.3 Å². The zero-order valence-electron chi connectivity index (χ0n) is 17.8. The Morgan fingerprint density at radius 3 is 2.35 bits per heavy atom. The lowest BCUT2D eigenvalue weighted by Crippen LogP contribution is -2.04. The molecule has 0 aliphatic heterocycles. The zero-order chi connectivity index (χ0) is 22.0. The van der Waals surface area contributed by atoms with Crippen LogP contribution in [-0.2, 0) is 0 Å². The first-order valence-electron chi connectivity index (χ1n) is 9.58. The Balaban J connectivity index is 1.65. The van der Waals surface area contributed by atoms with Gasteiger partial charge in [0, 0.05) is 40.7 Å². The first kappa shape index (κ1) is 20.2. The molecule has 2 aromatic heterocycles. The normalized spacial score (nSPS) is 10.7. The molecule has 31 heavy (non-hydrogen) atoms. The van der Waals surface area contributed by atoms with Gasteiger partial charge in [0.2, 0.25) is 5.95 Å². The van der Waals surface area contributed by atoms with Crippen LogP contribution in [0.3, 0.4) is 0 Å². The molecule has 0 radical (unpaired) electrons. The summed E-state index contributed by atoms with van der Waals surface area (Å²) in [5.74, 6) is 2.76. The summed E-state index contributed by atoms with van der Waals surface area (Å²) in [6.45, 7) is 1.96. The number of fused-ring (bicyclic) bond motifs is 1. The van der Waals surface area contributed by atoms with Gasteiger partial charge in [0.05, 0.1) is 26.8 Å². The summed E-state index contributed by atoms with van der Waals surface area (Å²) in [5.41, 5.74) is 10.4. The van der Waals surface area contributed by atoms with Gasteiger partial charge in [0.15, 0.2) is 11.5 Å². The first-order chi connectivity index (χ1) is 15.0. The molecule has 0 amide bonds. The minimum Gasteiger partial charge on any atom is -0.497 e. The van der Waals surface area contributed by atoms with E-state index in [1.807, 2.05) is 43.3 Å². The third-order valence-corrected chi connectivity index (χ3v) is 4.99. The van der Waals surface area contributed by atoms with Crippen molar-refractivity contribution < 1.29 is 14.2 Å². The number of aromatic nitrogens is 3. The number of benzene rings is 2. The average molecular weight is 417 g/mol. The van der Waals surface area contributed by atoms with Gasteiger partial charge in [0.25, 0.3) is 0 Å². The van der Waals surface area contributed by atoms with Crippen LogP contribution in [0.25, 0.3) is 22.0 Å². The molecular formula is C23H23N5O3. The minimum atomic E-state index is 0.347. The van der Waals surface area contributed by atoms with Gasteiger partial charge in [-0.1, -0.05) is 0 Å². The van der Waals surface area contributed by atoms with Crippen LogP contribution in [0.2, 0.25) is 0 Å². The van der Waals surface area contributed by atoms with Gasteiger partial charge >= 0.3 is 0 Å². The van der Waals surface area contributed by atoms with Crippen molar-refractivity contribution in [1.29, 1.82) is 0 Å². The molecule has 0 saturated heterocycles. The van der Waals surface area contributed by atoms with Crippen LogP contribution in [0.15, 0.2) is 48.8 Å². The fourth-order valence-electron chi connectivity index (χ4n) is 3.30. The molecule has 0 bridgehead atoms. The molecule has 0 atom stereocenters. The molecule has 8 nitrogen and oxygen atoms in total. The van der Waals surface area contributed by atoms with Crippen LogP contribution >= 0.6 is 0 Å². The maximum atomic E-state index is 6.26. The predicted molar refractivity (Wildman–Crippen MR) is 121 cm³/mol. The number of rotatable bonds is 6. The summed E-state index contributed by atoms with van der Waals surface area (Å²) in [6.07, 6.45) is 3.44. The van der Waals surface area contributed by atoms with Crippen molar-refractivity contribution in [3.63, 3.8) is 0 Å². The maximum Gasteiger partial charge on any atom is 0.229 e. The van der Waals surface area contributed by atoms with E-state index >= 15 is 0 Å². The second-order valence-corrected chi connectivity index (χ2v) is 6.92. The molecule has 0 fully saturated rings. The van der Waals surface area contributed by atoms with Crippen LogP contribution in [0, 0.1) is 6.92 Å². The summed E-state index contributed by atoms with van der Waals surface area (Å²) in [4.78, 5) is 13.4. The number of nitrogens with zero attached hydrogens (tertiary/aromatic N) is 3. The highest BCUT2D eigenvalue weighted by molar-refractivity contribution is 5.86. The molecular weight excluding hydrogens is 394 g/mol. The highest BCUT2D eigenvalue weighted by atomic mass is 16.5. The van der Waals surface area contributed by atoms with E-state index in [1.54, 1.807) is 33.7 Å². The van der Waals surface area contributed by atoms with Gasteiger partial charge in [-0.05, 0) is 42.8 Å². The molecule has 0 spiro atoms. The topological polar surface area (TPSA) is 104 Å². The molecule has 0 unspecified atom stereocenters. The average Bonchev–Trinajstić information content (AvgIpc) is 2.79. The van der Waals surface area contributed by atoms with Gasteiger partial charge in [-0.15, -0.1) is 0 Å². The van der Waals surface area contributed by atoms with Gasteiger partial charge in [0.1, 0.15) is 11.6 Å². The van der Waals surface area contributed by atoms with Crippen LogP contribution in [0.5, 0.6) is 17.2 Å². The molecule has 0 saturated carbocycles. The number of hydrogen-bond donors (Lipinski definition) is 2. The van der Waals surface area contributed by atoms with Gasteiger partial charge in [-0.25, -0.2) is 4.98 Å². The summed E-state index contributed by atoms with van der Waals surface area (Å²) in [7, 11) is 4.83. The number of aryl methyl sites for hydroxylation is 1. The number of hydrogen-bond acceptors (Lipinski definition) is 8. The first-order valence-corrected chi connectivity index (χ1v) is 9.58. The number of methoxy groups -OCH3 is 3. The Morgan fingerprint density at radius 1 is 0.871 bits per heavy atom. The van der Waals surface area contributed by atoms with Gasteiger partial charge in [-0.3, -0.25) is 4.98 Å². The second-order valence-electron chi connectivity index (χ2n) is 6.92. The van der Waals surface area contributed by atoms with E-state index in [9.17, 15) is 0 Å². The lowest BCUT2D eigenvalue weighted by atomic mass is 10.1.